The van der Waals surface area contributed by atoms with Crippen molar-refractivity contribution in [2.75, 3.05) is 19.6 Å². The normalized spacial score (nSPS) is 18.7. The molecule has 1 saturated carbocycles. The maximum absolute atomic E-state index is 6.13. The number of nitrogens with two attached hydrogens (primary N) is 1. The van der Waals surface area contributed by atoms with Gasteiger partial charge in [0.2, 0.25) is 0 Å². The van der Waals surface area contributed by atoms with Gasteiger partial charge in [0, 0.05) is 31.0 Å². The number of hydrogen-bond acceptors (Lipinski definition) is 3. The summed E-state index contributed by atoms with van der Waals surface area (Å²) in [7, 11) is 0. The van der Waals surface area contributed by atoms with Gasteiger partial charge < -0.3 is 5.73 Å². The molecule has 0 bridgehead atoms. The zero-order valence-electron chi connectivity index (χ0n) is 12.1. The third-order valence-electron chi connectivity index (χ3n) is 4.64. The second kappa shape index (κ2) is 7.01. The summed E-state index contributed by atoms with van der Waals surface area (Å²) >= 11 is 0. The molecule has 0 amide bonds. The van der Waals surface area contributed by atoms with Gasteiger partial charge in [0.1, 0.15) is 0 Å². The van der Waals surface area contributed by atoms with Crippen LogP contribution in [0.4, 0.5) is 0 Å². The first-order valence-electron chi connectivity index (χ1n) is 7.65. The molecule has 106 valence electrons. The van der Waals surface area contributed by atoms with Gasteiger partial charge in [-0.3, -0.25) is 9.88 Å². The number of likely N-dealkylation sites (N-methyl/N-ethyl adjacent to an activating group) is 1. The molecular formula is C16H27N3. The smallest absolute Gasteiger partial charge is 0.0331 e. The van der Waals surface area contributed by atoms with Gasteiger partial charge in [-0.2, -0.15) is 0 Å². The van der Waals surface area contributed by atoms with Crippen molar-refractivity contribution in [1.29, 1.82) is 0 Å². The van der Waals surface area contributed by atoms with Gasteiger partial charge in [-0.15, -0.1) is 0 Å². The van der Waals surface area contributed by atoms with Gasteiger partial charge in [-0.05, 0) is 43.5 Å². The maximum Gasteiger partial charge on any atom is 0.0331 e. The maximum atomic E-state index is 6.13. The van der Waals surface area contributed by atoms with E-state index >= 15 is 0 Å². The van der Waals surface area contributed by atoms with Crippen LogP contribution in [-0.4, -0.2) is 35.1 Å². The van der Waals surface area contributed by atoms with Crippen LogP contribution in [0.1, 0.15) is 44.6 Å². The Kier molecular flexibility index (Phi) is 5.34. The molecular weight excluding hydrogens is 234 g/mol. The first-order valence-corrected chi connectivity index (χ1v) is 7.65. The average molecular weight is 261 g/mol. The molecule has 0 atom stereocenters. The fraction of sp³-hybridized carbons (Fsp3) is 0.688. The van der Waals surface area contributed by atoms with E-state index in [4.69, 9.17) is 5.73 Å². The van der Waals surface area contributed by atoms with Crippen LogP contribution in [-0.2, 0) is 6.42 Å². The Morgan fingerprint density at radius 3 is 2.47 bits per heavy atom. The standard InChI is InChI=1S/C16H27N3/c1-2-19(13-8-15-6-11-18-12-7-15)16(14-17)9-4-3-5-10-16/h6-7,11-12H,2-5,8-10,13-14,17H2,1H3. The highest BCUT2D eigenvalue weighted by Gasteiger charge is 2.35. The lowest BCUT2D eigenvalue weighted by Gasteiger charge is -2.45. The molecule has 2 N–H and O–H groups in total. The molecule has 1 aliphatic carbocycles. The molecule has 3 heteroatoms. The van der Waals surface area contributed by atoms with Gasteiger partial charge in [0.05, 0.1) is 0 Å². The van der Waals surface area contributed by atoms with Gasteiger partial charge in [0.25, 0.3) is 0 Å². The Morgan fingerprint density at radius 1 is 1.21 bits per heavy atom. The Labute approximate surface area is 117 Å². The van der Waals surface area contributed by atoms with Crippen LogP contribution in [0.15, 0.2) is 24.5 Å². The second-order valence-electron chi connectivity index (χ2n) is 5.67. The fourth-order valence-corrected chi connectivity index (χ4v) is 3.40. The summed E-state index contributed by atoms with van der Waals surface area (Å²) in [6, 6.07) is 4.23. The zero-order chi connectivity index (χ0) is 13.6. The van der Waals surface area contributed by atoms with E-state index in [1.807, 2.05) is 12.4 Å². The van der Waals surface area contributed by atoms with Gasteiger partial charge in [-0.25, -0.2) is 0 Å². The van der Waals surface area contributed by atoms with Crippen molar-refractivity contribution in [3.63, 3.8) is 0 Å². The minimum atomic E-state index is 0.264. The lowest BCUT2D eigenvalue weighted by atomic mass is 9.80. The van der Waals surface area contributed by atoms with E-state index < -0.39 is 0 Å². The van der Waals surface area contributed by atoms with E-state index in [1.165, 1.54) is 37.7 Å². The minimum absolute atomic E-state index is 0.264. The van der Waals surface area contributed by atoms with Crippen molar-refractivity contribution >= 4 is 0 Å². The predicted molar refractivity (Wildman–Crippen MR) is 80.1 cm³/mol. The average Bonchev–Trinajstić information content (AvgIpc) is 2.50. The summed E-state index contributed by atoms with van der Waals surface area (Å²) in [4.78, 5) is 6.70. The van der Waals surface area contributed by atoms with E-state index in [2.05, 4.69) is 28.9 Å². The Balaban J connectivity index is 1.98. The van der Waals surface area contributed by atoms with E-state index in [-0.39, 0.29) is 5.54 Å². The first-order chi connectivity index (χ1) is 9.30. The highest BCUT2D eigenvalue weighted by atomic mass is 15.2. The molecule has 19 heavy (non-hydrogen) atoms. The molecule has 0 aromatic carbocycles. The van der Waals surface area contributed by atoms with Crippen LogP contribution in [0.25, 0.3) is 0 Å². The number of pyridine rings is 1. The van der Waals surface area contributed by atoms with E-state index in [1.54, 1.807) is 0 Å². The van der Waals surface area contributed by atoms with Crippen LogP contribution in [0.2, 0.25) is 0 Å². The SMILES string of the molecule is CCN(CCc1ccncc1)C1(CN)CCCCC1. The summed E-state index contributed by atoms with van der Waals surface area (Å²) in [6.07, 6.45) is 11.4. The summed E-state index contributed by atoms with van der Waals surface area (Å²) in [5, 5.41) is 0. The first kappa shape index (κ1) is 14.5. The lowest BCUT2D eigenvalue weighted by Crippen LogP contribution is -2.55. The number of nitrogens with zero attached hydrogens (tertiary/aromatic N) is 2. The number of aromatic nitrogens is 1. The molecule has 0 aliphatic heterocycles. The van der Waals surface area contributed by atoms with E-state index in [9.17, 15) is 0 Å². The van der Waals surface area contributed by atoms with Crippen molar-refractivity contribution in [3.8, 4) is 0 Å². The molecule has 1 aromatic rings. The predicted octanol–water partition coefficient (Wildman–Crippen LogP) is 2.61. The Morgan fingerprint density at radius 2 is 1.89 bits per heavy atom. The van der Waals surface area contributed by atoms with Crippen molar-refractivity contribution in [2.24, 2.45) is 5.73 Å². The molecule has 0 unspecified atom stereocenters. The monoisotopic (exact) mass is 261 g/mol. The minimum Gasteiger partial charge on any atom is -0.329 e. The molecule has 2 rings (SSSR count). The van der Waals surface area contributed by atoms with Gasteiger partial charge >= 0.3 is 0 Å². The molecule has 0 saturated heterocycles. The largest absolute Gasteiger partial charge is 0.329 e. The quantitative estimate of drug-likeness (QED) is 0.856. The fourth-order valence-electron chi connectivity index (χ4n) is 3.40. The summed E-state index contributed by atoms with van der Waals surface area (Å²) < 4.78 is 0. The summed E-state index contributed by atoms with van der Waals surface area (Å²) in [6.45, 7) is 5.27. The Bertz CT molecular complexity index is 358. The van der Waals surface area contributed by atoms with Crippen LogP contribution in [0, 0.1) is 0 Å². The summed E-state index contributed by atoms with van der Waals surface area (Å²) in [5.74, 6) is 0. The van der Waals surface area contributed by atoms with Crippen LogP contribution in [0.3, 0.4) is 0 Å². The number of hydrogen-bond donors (Lipinski definition) is 1. The van der Waals surface area contributed by atoms with E-state index in [0.29, 0.717) is 0 Å². The molecule has 1 aromatic heterocycles. The number of rotatable bonds is 6. The highest BCUT2D eigenvalue weighted by Crippen LogP contribution is 2.32. The molecule has 0 radical (unpaired) electrons. The van der Waals surface area contributed by atoms with Crippen molar-refractivity contribution in [2.45, 2.75) is 51.0 Å². The van der Waals surface area contributed by atoms with Crippen molar-refractivity contribution in [3.05, 3.63) is 30.1 Å². The molecule has 1 fully saturated rings. The molecule has 1 heterocycles. The van der Waals surface area contributed by atoms with Crippen LogP contribution < -0.4 is 5.73 Å². The van der Waals surface area contributed by atoms with Crippen LogP contribution in [0.5, 0.6) is 0 Å². The zero-order valence-corrected chi connectivity index (χ0v) is 12.1. The Hall–Kier alpha value is -0.930. The van der Waals surface area contributed by atoms with Crippen molar-refractivity contribution in [1.82, 2.24) is 9.88 Å². The highest BCUT2D eigenvalue weighted by molar-refractivity contribution is 5.10. The molecule has 1 aliphatic rings. The van der Waals surface area contributed by atoms with Crippen molar-refractivity contribution < 1.29 is 0 Å². The third-order valence-corrected chi connectivity index (χ3v) is 4.64. The van der Waals surface area contributed by atoms with Gasteiger partial charge in [0.15, 0.2) is 0 Å². The molecule has 3 nitrogen and oxygen atoms in total. The van der Waals surface area contributed by atoms with E-state index in [0.717, 1.165) is 26.1 Å². The van der Waals surface area contributed by atoms with Crippen LogP contribution >= 0.6 is 0 Å². The topological polar surface area (TPSA) is 42.2 Å². The molecule has 0 spiro atoms. The summed E-state index contributed by atoms with van der Waals surface area (Å²) in [5.41, 5.74) is 7.77. The third kappa shape index (κ3) is 3.54. The second-order valence-corrected chi connectivity index (χ2v) is 5.67. The lowest BCUT2D eigenvalue weighted by molar-refractivity contribution is 0.0629. The van der Waals surface area contributed by atoms with Gasteiger partial charge in [-0.1, -0.05) is 26.2 Å².